The first-order valence-electron chi connectivity index (χ1n) is 6.97. The zero-order valence-electron chi connectivity index (χ0n) is 12.2. The van der Waals surface area contributed by atoms with Crippen LogP contribution in [0.25, 0.3) is 11.0 Å². The molecule has 0 aliphatic carbocycles. The average Bonchev–Trinajstić information content (AvgIpc) is 2.97. The molecule has 0 amide bonds. The molecular weight excluding hydrogens is 264 g/mol. The highest BCUT2D eigenvalue weighted by atomic mass is 16.5. The number of nitrogens with one attached hydrogen (secondary N) is 1. The second-order valence-electron chi connectivity index (χ2n) is 4.95. The fourth-order valence-corrected chi connectivity index (χ4v) is 2.29. The summed E-state index contributed by atoms with van der Waals surface area (Å²) in [5.41, 5.74) is 1.81. The maximum Gasteiger partial charge on any atom is 0.176 e. The highest BCUT2D eigenvalue weighted by Gasteiger charge is 2.13. The van der Waals surface area contributed by atoms with Gasteiger partial charge in [0.1, 0.15) is 5.76 Å². The lowest BCUT2D eigenvalue weighted by Gasteiger charge is -2.10. The summed E-state index contributed by atoms with van der Waals surface area (Å²) in [6, 6.07) is 13.9. The van der Waals surface area contributed by atoms with Crippen molar-refractivity contribution in [3.05, 3.63) is 60.1 Å². The maximum absolute atomic E-state index is 5.93. The van der Waals surface area contributed by atoms with E-state index in [2.05, 4.69) is 17.2 Å². The standard InChI is InChI=1S/C17H18N2O2/c1-12(19-11-14-7-3-4-9-18-14)16-10-13-6-5-8-15(20-2)17(13)21-16/h3-10,12,19H,11H2,1-2H3/t12-/m0/s1. The molecule has 2 heterocycles. The van der Waals surface area contributed by atoms with E-state index in [1.54, 1.807) is 13.3 Å². The molecule has 4 heteroatoms. The molecule has 0 aliphatic rings. The third-order valence-electron chi connectivity index (χ3n) is 3.49. The number of furan rings is 1. The van der Waals surface area contributed by atoms with Crippen LogP contribution in [0.5, 0.6) is 5.75 Å². The first kappa shape index (κ1) is 13.6. The molecule has 0 spiro atoms. The minimum atomic E-state index is 0.101. The Morgan fingerprint density at radius 1 is 1.24 bits per heavy atom. The SMILES string of the molecule is COc1cccc2cc([C@H](C)NCc3ccccn3)oc12. The number of benzene rings is 1. The van der Waals surface area contributed by atoms with Gasteiger partial charge in [-0.2, -0.15) is 0 Å². The van der Waals surface area contributed by atoms with E-state index in [1.807, 2.05) is 42.5 Å². The number of aromatic nitrogens is 1. The minimum absolute atomic E-state index is 0.101. The summed E-state index contributed by atoms with van der Waals surface area (Å²) in [5, 5.41) is 4.47. The normalized spacial score (nSPS) is 12.5. The molecule has 108 valence electrons. The van der Waals surface area contributed by atoms with Crippen molar-refractivity contribution < 1.29 is 9.15 Å². The number of para-hydroxylation sites is 1. The molecule has 0 saturated heterocycles. The van der Waals surface area contributed by atoms with Crippen LogP contribution in [0.1, 0.15) is 24.4 Å². The lowest BCUT2D eigenvalue weighted by Crippen LogP contribution is -2.18. The average molecular weight is 282 g/mol. The van der Waals surface area contributed by atoms with Crippen molar-refractivity contribution in [2.45, 2.75) is 19.5 Å². The third-order valence-corrected chi connectivity index (χ3v) is 3.49. The number of methoxy groups -OCH3 is 1. The van der Waals surface area contributed by atoms with Crippen molar-refractivity contribution >= 4 is 11.0 Å². The monoisotopic (exact) mass is 282 g/mol. The molecule has 0 fully saturated rings. The van der Waals surface area contributed by atoms with Crippen molar-refractivity contribution in [1.29, 1.82) is 0 Å². The van der Waals surface area contributed by atoms with Crippen molar-refractivity contribution in [2.24, 2.45) is 0 Å². The van der Waals surface area contributed by atoms with Gasteiger partial charge in [0.25, 0.3) is 0 Å². The van der Waals surface area contributed by atoms with E-state index in [9.17, 15) is 0 Å². The van der Waals surface area contributed by atoms with E-state index in [1.165, 1.54) is 0 Å². The lowest BCUT2D eigenvalue weighted by molar-refractivity contribution is 0.399. The number of nitrogens with zero attached hydrogens (tertiary/aromatic N) is 1. The van der Waals surface area contributed by atoms with E-state index in [0.29, 0.717) is 6.54 Å². The van der Waals surface area contributed by atoms with E-state index in [0.717, 1.165) is 28.2 Å². The molecule has 4 nitrogen and oxygen atoms in total. The Balaban J connectivity index is 1.77. The molecular formula is C17H18N2O2. The zero-order chi connectivity index (χ0) is 14.7. The third kappa shape index (κ3) is 2.90. The number of pyridine rings is 1. The Morgan fingerprint density at radius 2 is 2.14 bits per heavy atom. The highest BCUT2D eigenvalue weighted by Crippen LogP contribution is 2.30. The number of ether oxygens (including phenoxy) is 1. The van der Waals surface area contributed by atoms with E-state index in [4.69, 9.17) is 9.15 Å². The minimum Gasteiger partial charge on any atom is -0.493 e. The summed E-state index contributed by atoms with van der Waals surface area (Å²) in [6.07, 6.45) is 1.80. The number of hydrogen-bond acceptors (Lipinski definition) is 4. The van der Waals surface area contributed by atoms with Crippen molar-refractivity contribution in [3.8, 4) is 5.75 Å². The molecule has 1 N–H and O–H groups in total. The molecule has 1 atom stereocenters. The van der Waals surface area contributed by atoms with Gasteiger partial charge in [-0.05, 0) is 31.2 Å². The largest absolute Gasteiger partial charge is 0.493 e. The van der Waals surface area contributed by atoms with E-state index >= 15 is 0 Å². The fourth-order valence-electron chi connectivity index (χ4n) is 2.29. The topological polar surface area (TPSA) is 47.3 Å². The Hall–Kier alpha value is -2.33. The summed E-state index contributed by atoms with van der Waals surface area (Å²) in [6.45, 7) is 2.78. The predicted octanol–water partition coefficient (Wildman–Crippen LogP) is 3.69. The first-order valence-corrected chi connectivity index (χ1v) is 6.97. The van der Waals surface area contributed by atoms with Crippen LogP contribution in [0.3, 0.4) is 0 Å². The molecule has 2 aromatic heterocycles. The first-order chi connectivity index (χ1) is 10.3. The van der Waals surface area contributed by atoms with Crippen molar-refractivity contribution in [2.75, 3.05) is 7.11 Å². The Bertz CT molecular complexity index is 722. The van der Waals surface area contributed by atoms with Gasteiger partial charge in [-0.15, -0.1) is 0 Å². The van der Waals surface area contributed by atoms with Crippen LogP contribution < -0.4 is 10.1 Å². The van der Waals surface area contributed by atoms with E-state index < -0.39 is 0 Å². The smallest absolute Gasteiger partial charge is 0.176 e. The number of hydrogen-bond donors (Lipinski definition) is 1. The molecule has 0 saturated carbocycles. The molecule has 3 rings (SSSR count). The quantitative estimate of drug-likeness (QED) is 0.775. The summed E-state index contributed by atoms with van der Waals surface area (Å²) >= 11 is 0. The second-order valence-corrected chi connectivity index (χ2v) is 4.95. The number of rotatable bonds is 5. The van der Waals surface area contributed by atoms with Gasteiger partial charge in [-0.1, -0.05) is 18.2 Å². The van der Waals surface area contributed by atoms with Gasteiger partial charge in [0, 0.05) is 18.1 Å². The van der Waals surface area contributed by atoms with Crippen LogP contribution in [-0.4, -0.2) is 12.1 Å². The van der Waals surface area contributed by atoms with Crippen LogP contribution in [0.4, 0.5) is 0 Å². The zero-order valence-corrected chi connectivity index (χ0v) is 12.2. The molecule has 0 aliphatic heterocycles. The van der Waals surface area contributed by atoms with Crippen LogP contribution in [0.2, 0.25) is 0 Å². The predicted molar refractivity (Wildman–Crippen MR) is 82.3 cm³/mol. The fraction of sp³-hybridized carbons (Fsp3) is 0.235. The van der Waals surface area contributed by atoms with Gasteiger partial charge in [0.05, 0.1) is 18.8 Å². The summed E-state index contributed by atoms with van der Waals surface area (Å²) in [7, 11) is 1.65. The summed E-state index contributed by atoms with van der Waals surface area (Å²) in [5.74, 6) is 1.65. The molecule has 21 heavy (non-hydrogen) atoms. The maximum atomic E-state index is 5.93. The van der Waals surface area contributed by atoms with Crippen LogP contribution in [0, 0.1) is 0 Å². The molecule has 3 aromatic rings. The highest BCUT2D eigenvalue weighted by molar-refractivity contribution is 5.83. The second kappa shape index (κ2) is 5.97. The molecule has 0 radical (unpaired) electrons. The van der Waals surface area contributed by atoms with Crippen molar-refractivity contribution in [1.82, 2.24) is 10.3 Å². The van der Waals surface area contributed by atoms with Gasteiger partial charge in [-0.25, -0.2) is 0 Å². The van der Waals surface area contributed by atoms with Crippen LogP contribution >= 0.6 is 0 Å². The van der Waals surface area contributed by atoms with Gasteiger partial charge in [-0.3, -0.25) is 4.98 Å². The van der Waals surface area contributed by atoms with Crippen LogP contribution in [-0.2, 0) is 6.54 Å². The molecule has 0 bridgehead atoms. The Labute approximate surface area is 123 Å². The van der Waals surface area contributed by atoms with Gasteiger partial charge in [0.15, 0.2) is 11.3 Å². The van der Waals surface area contributed by atoms with Gasteiger partial charge < -0.3 is 14.5 Å². The summed E-state index contributed by atoms with van der Waals surface area (Å²) in [4.78, 5) is 4.30. The van der Waals surface area contributed by atoms with Crippen molar-refractivity contribution in [3.63, 3.8) is 0 Å². The van der Waals surface area contributed by atoms with E-state index in [-0.39, 0.29) is 6.04 Å². The lowest BCUT2D eigenvalue weighted by atomic mass is 10.2. The summed E-state index contributed by atoms with van der Waals surface area (Å²) < 4.78 is 11.3. The van der Waals surface area contributed by atoms with Gasteiger partial charge in [0.2, 0.25) is 0 Å². The molecule has 1 aromatic carbocycles. The number of fused-ring (bicyclic) bond motifs is 1. The Morgan fingerprint density at radius 3 is 2.90 bits per heavy atom. The van der Waals surface area contributed by atoms with Gasteiger partial charge >= 0.3 is 0 Å². The molecule has 0 unspecified atom stereocenters. The Kier molecular flexibility index (Phi) is 3.88. The van der Waals surface area contributed by atoms with Crippen LogP contribution in [0.15, 0.2) is 53.1 Å².